The summed E-state index contributed by atoms with van der Waals surface area (Å²) in [7, 11) is -1.01. The molecule has 5 heterocycles. The first kappa shape index (κ1) is 37.1. The number of nitrogens with two attached hydrogens (primary N) is 1. The molecule has 14 heteroatoms. The van der Waals surface area contributed by atoms with Gasteiger partial charge in [0.15, 0.2) is 5.82 Å². The lowest BCUT2D eigenvalue weighted by Crippen LogP contribution is -2.43. The quantitative estimate of drug-likeness (QED) is 0.0774. The highest BCUT2D eigenvalue weighted by molar-refractivity contribution is 6.90. The molecule has 5 atom stereocenters. The van der Waals surface area contributed by atoms with E-state index in [-0.39, 0.29) is 94.5 Å². The van der Waals surface area contributed by atoms with E-state index in [2.05, 4.69) is 68.0 Å². The van der Waals surface area contributed by atoms with Crippen molar-refractivity contribution in [1.29, 1.82) is 0 Å². The molecule has 0 radical (unpaired) electrons. The summed E-state index contributed by atoms with van der Waals surface area (Å²) in [5, 5.41) is 0.820. The SMILES string of the molecule is [2H]C([2H])(Oc1nc(N2CCOC[C@H]3[C@H](F)[C@H]32)c2c(OC)nc(-c3cc(N)cc4ccc(F)c(C#C[Si](C(C)C)(C(C)C)C(C)C)c34)c(F)c2n1)[C@@]12CCCN1C[C@H](F)C2. The van der Waals surface area contributed by atoms with E-state index in [9.17, 15) is 7.13 Å². The van der Waals surface area contributed by atoms with Crippen molar-refractivity contribution in [2.45, 2.75) is 101 Å². The van der Waals surface area contributed by atoms with Crippen LogP contribution in [-0.2, 0) is 4.74 Å². The number of aromatic nitrogens is 3. The number of nitrogen functional groups attached to an aromatic ring is 1. The Morgan fingerprint density at radius 1 is 1.05 bits per heavy atom. The molecule has 0 amide bonds. The largest absolute Gasteiger partial charge is 0.480 e. The fraction of sp³-hybridized carbons (Fsp3) is 0.558. The fourth-order valence-electron chi connectivity index (χ4n) is 10.1. The average Bonchev–Trinajstić information content (AvgIpc) is 3.53. The Balaban J connectivity index is 1.37. The van der Waals surface area contributed by atoms with Crippen molar-refractivity contribution in [3.8, 4) is 34.6 Å². The van der Waals surface area contributed by atoms with Gasteiger partial charge in [-0.2, -0.15) is 9.97 Å². The summed E-state index contributed by atoms with van der Waals surface area (Å²) in [6.07, 6.45) is -1.62. The topological polar surface area (TPSA) is 98.9 Å². The molecule has 0 unspecified atom stereocenters. The number of hydrogen-bond acceptors (Lipinski definition) is 9. The van der Waals surface area contributed by atoms with Crippen molar-refractivity contribution in [3.63, 3.8) is 0 Å². The second kappa shape index (κ2) is 14.9. The third kappa shape index (κ3) is 6.58. The first-order chi connectivity index (χ1) is 28.0. The van der Waals surface area contributed by atoms with Gasteiger partial charge in [0.2, 0.25) is 5.88 Å². The van der Waals surface area contributed by atoms with Crippen molar-refractivity contribution in [1.82, 2.24) is 19.9 Å². The van der Waals surface area contributed by atoms with E-state index in [4.69, 9.17) is 19.9 Å². The highest BCUT2D eigenvalue weighted by atomic mass is 28.3. The van der Waals surface area contributed by atoms with Gasteiger partial charge in [0.1, 0.15) is 55.2 Å². The summed E-state index contributed by atoms with van der Waals surface area (Å²) in [5.41, 5.74) is 9.41. The lowest BCUT2D eigenvalue weighted by Gasteiger charge is -2.38. The van der Waals surface area contributed by atoms with Gasteiger partial charge in [-0.3, -0.25) is 4.90 Å². The van der Waals surface area contributed by atoms with E-state index in [1.165, 1.54) is 19.2 Å². The minimum atomic E-state index is -2.51. The average molecular weight is 807 g/mol. The number of methoxy groups -OCH3 is 1. The van der Waals surface area contributed by atoms with E-state index in [0.29, 0.717) is 30.2 Å². The molecule has 3 aliphatic heterocycles. The van der Waals surface area contributed by atoms with Crippen molar-refractivity contribution in [2.75, 3.05) is 57.2 Å². The zero-order valence-electron chi connectivity index (χ0n) is 35.6. The first-order valence-corrected chi connectivity index (χ1v) is 22.3. The zero-order valence-corrected chi connectivity index (χ0v) is 34.6. The Morgan fingerprint density at radius 3 is 2.53 bits per heavy atom. The summed E-state index contributed by atoms with van der Waals surface area (Å²) in [5.74, 6) is 1.14. The smallest absolute Gasteiger partial charge is 0.319 e. The number of nitrogens with zero attached hydrogens (tertiary/aromatic N) is 5. The molecule has 2 aromatic heterocycles. The number of ether oxygens (including phenoxy) is 3. The Morgan fingerprint density at radius 2 is 1.81 bits per heavy atom. The second-order valence-corrected chi connectivity index (χ2v) is 22.6. The molecule has 3 saturated heterocycles. The van der Waals surface area contributed by atoms with Crippen LogP contribution in [0.4, 0.5) is 29.1 Å². The molecule has 2 N–H and O–H groups in total. The number of halogens is 4. The Bertz CT molecular complexity index is 2360. The summed E-state index contributed by atoms with van der Waals surface area (Å²) in [6, 6.07) is 4.88. The fourth-order valence-corrected chi connectivity index (χ4v) is 15.4. The number of anilines is 2. The maximum absolute atomic E-state index is 17.7. The summed E-state index contributed by atoms with van der Waals surface area (Å²) >= 11 is 0. The Kier molecular flexibility index (Phi) is 9.68. The van der Waals surface area contributed by atoms with Gasteiger partial charge < -0.3 is 24.8 Å². The van der Waals surface area contributed by atoms with Crippen molar-refractivity contribution >= 4 is 41.3 Å². The molecule has 1 saturated carbocycles. The van der Waals surface area contributed by atoms with E-state index < -0.39 is 62.1 Å². The van der Waals surface area contributed by atoms with Crippen LogP contribution in [0.15, 0.2) is 24.3 Å². The molecule has 1 aliphatic carbocycles. The molecule has 57 heavy (non-hydrogen) atoms. The normalized spacial score (nSPS) is 25.7. The zero-order chi connectivity index (χ0) is 42.3. The van der Waals surface area contributed by atoms with Gasteiger partial charge in [-0.1, -0.05) is 53.5 Å². The minimum Gasteiger partial charge on any atom is -0.480 e. The number of fused-ring (bicyclic) bond motifs is 4. The van der Waals surface area contributed by atoms with Gasteiger partial charge in [-0.05, 0) is 59.6 Å². The molecule has 8 rings (SSSR count). The predicted molar refractivity (Wildman–Crippen MR) is 218 cm³/mol. The number of rotatable bonds is 9. The van der Waals surface area contributed by atoms with Crippen LogP contribution >= 0.6 is 0 Å². The number of benzene rings is 2. The second-order valence-electron chi connectivity index (χ2n) is 17.0. The van der Waals surface area contributed by atoms with Crippen LogP contribution in [0.25, 0.3) is 32.9 Å². The van der Waals surface area contributed by atoms with Gasteiger partial charge in [-0.25, -0.2) is 22.5 Å². The molecule has 0 bridgehead atoms. The van der Waals surface area contributed by atoms with Crippen LogP contribution < -0.4 is 20.1 Å². The maximum Gasteiger partial charge on any atom is 0.319 e. The van der Waals surface area contributed by atoms with E-state index in [1.54, 1.807) is 21.9 Å². The lowest BCUT2D eigenvalue weighted by atomic mass is 9.95. The van der Waals surface area contributed by atoms with Gasteiger partial charge in [0.25, 0.3) is 0 Å². The van der Waals surface area contributed by atoms with E-state index >= 15 is 13.2 Å². The summed E-state index contributed by atoms with van der Waals surface area (Å²) < 4.78 is 100. The van der Waals surface area contributed by atoms with Gasteiger partial charge in [0, 0.05) is 42.1 Å². The van der Waals surface area contributed by atoms with Crippen molar-refractivity contribution in [3.05, 3.63) is 41.5 Å². The molecule has 304 valence electrons. The number of hydrogen-bond donors (Lipinski definition) is 1. The Labute approximate surface area is 335 Å². The van der Waals surface area contributed by atoms with Crippen LogP contribution in [0.2, 0.25) is 16.6 Å². The minimum absolute atomic E-state index is 0.00717. The highest BCUT2D eigenvalue weighted by Gasteiger charge is 2.57. The molecule has 9 nitrogen and oxygen atoms in total. The van der Waals surface area contributed by atoms with Crippen LogP contribution in [0.5, 0.6) is 11.9 Å². The van der Waals surface area contributed by atoms with Crippen molar-refractivity contribution in [2.24, 2.45) is 5.92 Å². The van der Waals surface area contributed by atoms with Crippen LogP contribution in [0.1, 0.15) is 69.1 Å². The van der Waals surface area contributed by atoms with Crippen molar-refractivity contribution < 1.29 is 34.5 Å². The Hall–Kier alpha value is -4.19. The maximum atomic E-state index is 17.7. The lowest BCUT2D eigenvalue weighted by molar-refractivity contribution is 0.107. The molecule has 2 aromatic carbocycles. The van der Waals surface area contributed by atoms with E-state index in [1.807, 2.05) is 0 Å². The molecule has 0 spiro atoms. The first-order valence-electron chi connectivity index (χ1n) is 21.0. The molecular weight excluding hydrogens is 753 g/mol. The molecular formula is C43H52F4N6O3Si. The standard InChI is InChI=1S/C43H52F4N6O3Si/c1-23(2)57(24(3)4,25(5)6)16-11-29-32(45)10-9-26-17-28(48)18-30(33(26)29)37-36(47)38-34(41(49-37)54-7)40(53-14-15-55-21-31-35(46)39(31)53)51-42(50-38)56-22-43-12-8-13-52(43)20-27(44)19-43/h9-10,17-18,23-25,27,31,35,39H,8,12-15,19-22,48H2,1-7H3/t27-,31+,35+,39+,43+/m1/s1/i22D2. The van der Waals surface area contributed by atoms with Crippen LogP contribution in [0, 0.1) is 29.0 Å². The monoisotopic (exact) mass is 806 g/mol. The number of pyridine rings is 1. The highest BCUT2D eigenvalue weighted by Crippen LogP contribution is 2.48. The molecule has 4 aromatic rings. The molecule has 4 aliphatic rings. The van der Waals surface area contributed by atoms with Gasteiger partial charge >= 0.3 is 6.01 Å². The predicted octanol–water partition coefficient (Wildman–Crippen LogP) is 8.41. The van der Waals surface area contributed by atoms with E-state index in [0.717, 1.165) is 0 Å². The molecule has 4 fully saturated rings. The summed E-state index contributed by atoms with van der Waals surface area (Å²) in [4.78, 5) is 17.3. The third-order valence-electron chi connectivity index (χ3n) is 12.9. The third-order valence-corrected chi connectivity index (χ3v) is 19.2. The van der Waals surface area contributed by atoms with Gasteiger partial charge in [0.05, 0.1) is 40.2 Å². The summed E-state index contributed by atoms with van der Waals surface area (Å²) in [6.45, 7) is 11.6. The van der Waals surface area contributed by atoms with Crippen LogP contribution in [-0.4, -0.2) is 98.4 Å². The van der Waals surface area contributed by atoms with Crippen LogP contribution in [0.3, 0.4) is 0 Å². The van der Waals surface area contributed by atoms with Gasteiger partial charge in [-0.15, -0.1) is 5.54 Å². The number of alkyl halides is 2.